The molecule has 0 aliphatic rings. The quantitative estimate of drug-likeness (QED) is 0.670. The van der Waals surface area contributed by atoms with E-state index < -0.39 is 0 Å². The molecule has 0 unspecified atom stereocenters. The van der Waals surface area contributed by atoms with E-state index in [-0.39, 0.29) is 0 Å². The number of hydrogen-bond acceptors (Lipinski definition) is 4. The number of anilines is 2. The Bertz CT molecular complexity index is 760. The maximum absolute atomic E-state index is 5.89. The second-order valence-electron chi connectivity index (χ2n) is 5.41. The van der Waals surface area contributed by atoms with Crippen LogP contribution in [0.4, 0.5) is 11.8 Å². The van der Waals surface area contributed by atoms with Gasteiger partial charge in [-0.2, -0.15) is 4.98 Å². The maximum Gasteiger partial charge on any atom is 0.224 e. The van der Waals surface area contributed by atoms with Crippen molar-refractivity contribution in [3.8, 4) is 0 Å². The number of benzene rings is 2. The molecule has 0 saturated carbocycles. The molecule has 5 heteroatoms. The fourth-order valence-electron chi connectivity index (χ4n) is 2.31. The van der Waals surface area contributed by atoms with Gasteiger partial charge in [0.25, 0.3) is 0 Å². The summed E-state index contributed by atoms with van der Waals surface area (Å²) in [5.41, 5.74) is 2.44. The Morgan fingerprint density at radius 2 is 1.62 bits per heavy atom. The van der Waals surface area contributed by atoms with Crippen molar-refractivity contribution in [2.75, 3.05) is 17.2 Å². The molecule has 1 heterocycles. The number of nitrogens with one attached hydrogen (secondary N) is 2. The first-order chi connectivity index (χ1) is 11.8. The van der Waals surface area contributed by atoms with Crippen molar-refractivity contribution in [2.24, 2.45) is 0 Å². The summed E-state index contributed by atoms with van der Waals surface area (Å²) >= 11 is 5.89. The van der Waals surface area contributed by atoms with E-state index in [1.807, 2.05) is 36.4 Å². The van der Waals surface area contributed by atoms with Crippen LogP contribution in [0.3, 0.4) is 0 Å². The van der Waals surface area contributed by atoms with Gasteiger partial charge in [-0.15, -0.1) is 0 Å². The number of hydrogen-bond donors (Lipinski definition) is 2. The molecule has 2 N–H and O–H groups in total. The van der Waals surface area contributed by atoms with E-state index in [2.05, 4.69) is 44.9 Å². The SMILES string of the molecule is Clc1ccc(CNc2nccc(NCCc3ccccc3)n2)cc1. The molecule has 24 heavy (non-hydrogen) atoms. The molecule has 0 bridgehead atoms. The van der Waals surface area contributed by atoms with Crippen LogP contribution in [0.5, 0.6) is 0 Å². The van der Waals surface area contributed by atoms with Gasteiger partial charge in [-0.3, -0.25) is 0 Å². The molecule has 0 spiro atoms. The third kappa shape index (κ3) is 4.96. The summed E-state index contributed by atoms with van der Waals surface area (Å²) in [4.78, 5) is 8.73. The van der Waals surface area contributed by atoms with E-state index in [4.69, 9.17) is 11.6 Å². The molecule has 122 valence electrons. The molecule has 0 atom stereocenters. The van der Waals surface area contributed by atoms with Crippen molar-refractivity contribution in [3.05, 3.63) is 83.0 Å². The second-order valence-corrected chi connectivity index (χ2v) is 5.84. The Balaban J connectivity index is 1.51. The van der Waals surface area contributed by atoms with Crippen LogP contribution < -0.4 is 10.6 Å². The molecule has 4 nitrogen and oxygen atoms in total. The highest BCUT2D eigenvalue weighted by atomic mass is 35.5. The molecule has 0 fully saturated rings. The summed E-state index contributed by atoms with van der Waals surface area (Å²) in [6.07, 6.45) is 2.71. The lowest BCUT2D eigenvalue weighted by atomic mass is 10.1. The molecule has 3 rings (SSSR count). The summed E-state index contributed by atoms with van der Waals surface area (Å²) in [5.74, 6) is 1.43. The van der Waals surface area contributed by atoms with Gasteiger partial charge in [0.2, 0.25) is 5.95 Å². The predicted molar refractivity (Wildman–Crippen MR) is 99.4 cm³/mol. The molecule has 0 aliphatic heterocycles. The smallest absolute Gasteiger partial charge is 0.224 e. The fraction of sp³-hybridized carbons (Fsp3) is 0.158. The van der Waals surface area contributed by atoms with Gasteiger partial charge in [-0.05, 0) is 35.7 Å². The number of rotatable bonds is 7. The zero-order valence-corrected chi connectivity index (χ0v) is 14.0. The van der Waals surface area contributed by atoms with Crippen LogP contribution in [-0.4, -0.2) is 16.5 Å². The maximum atomic E-state index is 5.89. The van der Waals surface area contributed by atoms with Gasteiger partial charge in [0.1, 0.15) is 5.82 Å². The highest BCUT2D eigenvalue weighted by molar-refractivity contribution is 6.30. The Labute approximate surface area is 146 Å². The third-order valence-corrected chi connectivity index (χ3v) is 3.83. The first kappa shape index (κ1) is 16.3. The lowest BCUT2D eigenvalue weighted by Crippen LogP contribution is -2.09. The summed E-state index contributed by atoms with van der Waals surface area (Å²) in [6, 6.07) is 20.0. The van der Waals surface area contributed by atoms with Crippen LogP contribution in [0.25, 0.3) is 0 Å². The van der Waals surface area contributed by atoms with Crippen LogP contribution >= 0.6 is 11.6 Å². The minimum Gasteiger partial charge on any atom is -0.370 e. The van der Waals surface area contributed by atoms with E-state index in [1.165, 1.54) is 5.56 Å². The number of aromatic nitrogens is 2. The highest BCUT2D eigenvalue weighted by Crippen LogP contribution is 2.11. The minimum absolute atomic E-state index is 0.606. The molecule has 0 saturated heterocycles. The van der Waals surface area contributed by atoms with Crippen LogP contribution in [0.2, 0.25) is 5.02 Å². The lowest BCUT2D eigenvalue weighted by Gasteiger charge is -2.08. The predicted octanol–water partition coefficient (Wildman–Crippen LogP) is 4.40. The minimum atomic E-state index is 0.606. The standard InChI is InChI=1S/C19H19ClN4/c20-17-8-6-16(7-9-17)14-23-19-22-13-11-18(24-19)21-12-10-15-4-2-1-3-5-15/h1-9,11,13H,10,12,14H2,(H2,21,22,23,24). The molecule has 3 aromatic rings. The topological polar surface area (TPSA) is 49.8 Å². The van der Waals surface area contributed by atoms with Crippen molar-refractivity contribution in [2.45, 2.75) is 13.0 Å². The van der Waals surface area contributed by atoms with Gasteiger partial charge in [0, 0.05) is 24.3 Å². The fourth-order valence-corrected chi connectivity index (χ4v) is 2.43. The van der Waals surface area contributed by atoms with Gasteiger partial charge in [0.05, 0.1) is 0 Å². The van der Waals surface area contributed by atoms with Crippen molar-refractivity contribution in [1.82, 2.24) is 9.97 Å². The number of nitrogens with zero attached hydrogens (tertiary/aromatic N) is 2. The van der Waals surface area contributed by atoms with Crippen LogP contribution in [0.15, 0.2) is 66.9 Å². The van der Waals surface area contributed by atoms with Gasteiger partial charge >= 0.3 is 0 Å². The first-order valence-electron chi connectivity index (χ1n) is 7.89. The Morgan fingerprint density at radius 1 is 0.833 bits per heavy atom. The first-order valence-corrected chi connectivity index (χ1v) is 8.26. The summed E-state index contributed by atoms with van der Waals surface area (Å²) in [5, 5.41) is 7.29. The van der Waals surface area contributed by atoms with Crippen molar-refractivity contribution in [1.29, 1.82) is 0 Å². The lowest BCUT2D eigenvalue weighted by molar-refractivity contribution is 0.991. The highest BCUT2D eigenvalue weighted by Gasteiger charge is 2.00. The van der Waals surface area contributed by atoms with Gasteiger partial charge in [-0.1, -0.05) is 54.1 Å². The average molecular weight is 339 g/mol. The normalized spacial score (nSPS) is 10.4. The van der Waals surface area contributed by atoms with Crippen LogP contribution in [0.1, 0.15) is 11.1 Å². The summed E-state index contributed by atoms with van der Waals surface area (Å²) < 4.78 is 0. The molecular weight excluding hydrogens is 320 g/mol. The Kier molecular flexibility index (Phi) is 5.64. The van der Waals surface area contributed by atoms with Gasteiger partial charge < -0.3 is 10.6 Å². The van der Waals surface area contributed by atoms with Crippen molar-refractivity contribution < 1.29 is 0 Å². The van der Waals surface area contributed by atoms with E-state index in [0.29, 0.717) is 12.5 Å². The monoisotopic (exact) mass is 338 g/mol. The molecular formula is C19H19ClN4. The van der Waals surface area contributed by atoms with Crippen LogP contribution in [0, 0.1) is 0 Å². The average Bonchev–Trinajstić information content (AvgIpc) is 2.63. The zero-order chi connectivity index (χ0) is 16.6. The second kappa shape index (κ2) is 8.31. The van der Waals surface area contributed by atoms with Gasteiger partial charge in [0.15, 0.2) is 0 Å². The van der Waals surface area contributed by atoms with E-state index >= 15 is 0 Å². The third-order valence-electron chi connectivity index (χ3n) is 3.58. The number of halogens is 1. The summed E-state index contributed by atoms with van der Waals surface area (Å²) in [7, 11) is 0. The van der Waals surface area contributed by atoms with Gasteiger partial charge in [-0.25, -0.2) is 4.98 Å². The Hall–Kier alpha value is -2.59. The zero-order valence-electron chi connectivity index (χ0n) is 13.2. The van der Waals surface area contributed by atoms with E-state index in [9.17, 15) is 0 Å². The summed E-state index contributed by atoms with van der Waals surface area (Å²) in [6.45, 7) is 1.49. The van der Waals surface area contributed by atoms with E-state index in [0.717, 1.165) is 29.4 Å². The molecule has 1 aromatic heterocycles. The molecule has 0 aliphatic carbocycles. The largest absolute Gasteiger partial charge is 0.370 e. The van der Waals surface area contributed by atoms with Crippen LogP contribution in [-0.2, 0) is 13.0 Å². The molecule has 0 amide bonds. The molecule has 2 aromatic carbocycles. The van der Waals surface area contributed by atoms with E-state index in [1.54, 1.807) is 6.20 Å². The Morgan fingerprint density at radius 3 is 2.42 bits per heavy atom. The van der Waals surface area contributed by atoms with Crippen molar-refractivity contribution >= 4 is 23.4 Å². The molecule has 0 radical (unpaired) electrons. The van der Waals surface area contributed by atoms with Crippen molar-refractivity contribution in [3.63, 3.8) is 0 Å².